The van der Waals surface area contributed by atoms with Crippen LogP contribution in [0.4, 0.5) is 0 Å². The number of likely N-dealkylation sites (tertiary alicyclic amines) is 1. The zero-order valence-corrected chi connectivity index (χ0v) is 15.4. The maximum Gasteiger partial charge on any atom is 0.146 e. The van der Waals surface area contributed by atoms with E-state index in [0.717, 1.165) is 49.2 Å². The van der Waals surface area contributed by atoms with E-state index in [1.807, 2.05) is 19.3 Å². The molecule has 25 heavy (non-hydrogen) atoms. The molecule has 7 nitrogen and oxygen atoms in total. The SMILES string of the molecule is Cc1cnc(CN2CC[C@H](N(C)Cc3nnc(C4CC4)n3C)C2)cn1. The van der Waals surface area contributed by atoms with Gasteiger partial charge in [0.1, 0.15) is 11.6 Å². The van der Waals surface area contributed by atoms with Crippen molar-refractivity contribution in [3.05, 3.63) is 35.4 Å². The Morgan fingerprint density at radius 3 is 2.72 bits per heavy atom. The smallest absolute Gasteiger partial charge is 0.146 e. The van der Waals surface area contributed by atoms with Crippen molar-refractivity contribution in [1.82, 2.24) is 34.5 Å². The first-order chi connectivity index (χ1) is 12.1. The molecule has 0 bridgehead atoms. The van der Waals surface area contributed by atoms with Crippen LogP contribution in [0.1, 0.15) is 48.2 Å². The molecule has 1 aliphatic heterocycles. The van der Waals surface area contributed by atoms with Gasteiger partial charge >= 0.3 is 0 Å². The van der Waals surface area contributed by atoms with E-state index in [-0.39, 0.29) is 0 Å². The van der Waals surface area contributed by atoms with E-state index in [4.69, 9.17) is 0 Å². The zero-order valence-electron chi connectivity index (χ0n) is 15.4. The molecule has 0 aromatic carbocycles. The van der Waals surface area contributed by atoms with Gasteiger partial charge in [-0.2, -0.15) is 0 Å². The molecular formula is C18H27N7. The van der Waals surface area contributed by atoms with Crippen molar-refractivity contribution in [3.63, 3.8) is 0 Å². The minimum Gasteiger partial charge on any atom is -0.317 e. The first-order valence-corrected chi connectivity index (χ1v) is 9.18. The highest BCUT2D eigenvalue weighted by atomic mass is 15.3. The van der Waals surface area contributed by atoms with Crippen molar-refractivity contribution in [2.75, 3.05) is 20.1 Å². The minimum absolute atomic E-state index is 0.555. The molecule has 2 aromatic heterocycles. The topological polar surface area (TPSA) is 63.0 Å². The highest BCUT2D eigenvalue weighted by molar-refractivity contribution is 5.08. The molecule has 1 saturated carbocycles. The number of aryl methyl sites for hydroxylation is 1. The van der Waals surface area contributed by atoms with Gasteiger partial charge in [-0.3, -0.25) is 19.8 Å². The van der Waals surface area contributed by atoms with Crippen LogP contribution in [0.25, 0.3) is 0 Å². The average molecular weight is 341 g/mol. The lowest BCUT2D eigenvalue weighted by Crippen LogP contribution is -2.34. The van der Waals surface area contributed by atoms with Crippen LogP contribution < -0.4 is 0 Å². The van der Waals surface area contributed by atoms with Crippen LogP contribution >= 0.6 is 0 Å². The standard InChI is InChI=1S/C18H27N7/c1-13-8-20-15(9-19-13)10-25-7-6-16(11-25)23(2)12-17-21-22-18(24(17)3)14-4-5-14/h8-9,14,16H,4-7,10-12H2,1-3H3/t16-/m0/s1. The third-order valence-corrected chi connectivity index (χ3v) is 5.42. The molecule has 1 atom stereocenters. The Labute approximate surface area is 149 Å². The summed E-state index contributed by atoms with van der Waals surface area (Å²) in [4.78, 5) is 13.7. The highest BCUT2D eigenvalue weighted by Gasteiger charge is 2.30. The molecule has 1 aliphatic carbocycles. The number of hydrogen-bond donors (Lipinski definition) is 0. The van der Waals surface area contributed by atoms with E-state index in [0.29, 0.717) is 12.0 Å². The van der Waals surface area contributed by atoms with Gasteiger partial charge in [-0.25, -0.2) is 0 Å². The fourth-order valence-electron chi connectivity index (χ4n) is 3.61. The Balaban J connectivity index is 1.32. The Morgan fingerprint density at radius 1 is 1.16 bits per heavy atom. The molecule has 7 heteroatoms. The molecule has 0 unspecified atom stereocenters. The fourth-order valence-corrected chi connectivity index (χ4v) is 3.61. The number of rotatable bonds is 6. The van der Waals surface area contributed by atoms with Gasteiger partial charge in [-0.15, -0.1) is 10.2 Å². The van der Waals surface area contributed by atoms with Crippen LogP contribution in [0.5, 0.6) is 0 Å². The van der Waals surface area contributed by atoms with E-state index in [2.05, 4.69) is 48.6 Å². The second-order valence-electron chi connectivity index (χ2n) is 7.55. The normalized spacial score (nSPS) is 21.4. The Bertz CT molecular complexity index is 720. The summed E-state index contributed by atoms with van der Waals surface area (Å²) in [6, 6.07) is 0.555. The van der Waals surface area contributed by atoms with Crippen LogP contribution in [0.15, 0.2) is 12.4 Å². The van der Waals surface area contributed by atoms with Gasteiger partial charge in [0.05, 0.1) is 17.9 Å². The van der Waals surface area contributed by atoms with Gasteiger partial charge in [0.15, 0.2) is 0 Å². The van der Waals surface area contributed by atoms with Gasteiger partial charge in [-0.05, 0) is 33.2 Å². The van der Waals surface area contributed by atoms with Gasteiger partial charge in [0, 0.05) is 51.0 Å². The molecule has 1 saturated heterocycles. The summed E-state index contributed by atoms with van der Waals surface area (Å²) >= 11 is 0. The summed E-state index contributed by atoms with van der Waals surface area (Å²) in [5, 5.41) is 8.82. The van der Waals surface area contributed by atoms with E-state index in [1.165, 1.54) is 19.3 Å². The van der Waals surface area contributed by atoms with Crippen molar-refractivity contribution in [3.8, 4) is 0 Å². The lowest BCUT2D eigenvalue weighted by Gasteiger charge is -2.24. The predicted octanol–water partition coefficient (Wildman–Crippen LogP) is 1.50. The average Bonchev–Trinajstić information content (AvgIpc) is 3.23. The summed E-state index contributed by atoms with van der Waals surface area (Å²) < 4.78 is 2.20. The third-order valence-electron chi connectivity index (χ3n) is 5.42. The molecular weight excluding hydrogens is 314 g/mol. The lowest BCUT2D eigenvalue weighted by molar-refractivity contribution is 0.216. The Kier molecular flexibility index (Phi) is 4.52. The first kappa shape index (κ1) is 16.6. The van der Waals surface area contributed by atoms with Crippen molar-refractivity contribution < 1.29 is 0 Å². The zero-order chi connectivity index (χ0) is 17.4. The predicted molar refractivity (Wildman–Crippen MR) is 94.9 cm³/mol. The molecule has 0 radical (unpaired) electrons. The van der Waals surface area contributed by atoms with E-state index in [1.54, 1.807) is 0 Å². The van der Waals surface area contributed by atoms with Crippen molar-refractivity contribution in [2.45, 2.75) is 51.2 Å². The summed E-state index contributed by atoms with van der Waals surface area (Å²) in [5.41, 5.74) is 2.02. The fraction of sp³-hybridized carbons (Fsp3) is 0.667. The van der Waals surface area contributed by atoms with Gasteiger partial charge in [0.25, 0.3) is 0 Å². The van der Waals surface area contributed by atoms with Crippen molar-refractivity contribution >= 4 is 0 Å². The van der Waals surface area contributed by atoms with Gasteiger partial charge in [-0.1, -0.05) is 0 Å². The summed E-state index contributed by atoms with van der Waals surface area (Å²) in [6.07, 6.45) is 7.46. The highest BCUT2D eigenvalue weighted by Crippen LogP contribution is 2.38. The molecule has 2 aromatic rings. The van der Waals surface area contributed by atoms with E-state index in [9.17, 15) is 0 Å². The van der Waals surface area contributed by atoms with Crippen molar-refractivity contribution in [1.29, 1.82) is 0 Å². The van der Waals surface area contributed by atoms with Crippen LogP contribution in [-0.2, 0) is 20.1 Å². The quantitative estimate of drug-likeness (QED) is 0.793. The lowest BCUT2D eigenvalue weighted by atomic mass is 10.2. The van der Waals surface area contributed by atoms with Crippen LogP contribution in [0.2, 0.25) is 0 Å². The Hall–Kier alpha value is -1.86. The largest absolute Gasteiger partial charge is 0.317 e. The second-order valence-corrected chi connectivity index (χ2v) is 7.55. The Morgan fingerprint density at radius 2 is 2.00 bits per heavy atom. The molecule has 134 valence electrons. The van der Waals surface area contributed by atoms with Crippen LogP contribution in [0.3, 0.4) is 0 Å². The molecule has 4 rings (SSSR count). The minimum atomic E-state index is 0.555. The molecule has 3 heterocycles. The van der Waals surface area contributed by atoms with Crippen LogP contribution in [0, 0.1) is 6.92 Å². The molecule has 2 fully saturated rings. The molecule has 0 N–H and O–H groups in total. The van der Waals surface area contributed by atoms with Crippen molar-refractivity contribution in [2.24, 2.45) is 7.05 Å². The summed E-state index contributed by atoms with van der Waals surface area (Å²) in [7, 11) is 4.30. The number of hydrogen-bond acceptors (Lipinski definition) is 6. The molecule has 0 amide bonds. The number of aromatic nitrogens is 5. The van der Waals surface area contributed by atoms with Crippen LogP contribution in [-0.4, -0.2) is 60.7 Å². The maximum absolute atomic E-state index is 4.48. The van der Waals surface area contributed by atoms with E-state index < -0.39 is 0 Å². The first-order valence-electron chi connectivity index (χ1n) is 9.18. The summed E-state index contributed by atoms with van der Waals surface area (Å²) in [6.45, 7) is 5.89. The van der Waals surface area contributed by atoms with Gasteiger partial charge in [0.2, 0.25) is 0 Å². The van der Waals surface area contributed by atoms with Gasteiger partial charge < -0.3 is 4.57 Å². The molecule has 2 aliphatic rings. The number of nitrogens with zero attached hydrogens (tertiary/aromatic N) is 7. The number of likely N-dealkylation sites (N-methyl/N-ethyl adjacent to an activating group) is 1. The third kappa shape index (κ3) is 3.72. The second kappa shape index (κ2) is 6.80. The maximum atomic E-state index is 4.48. The van der Waals surface area contributed by atoms with E-state index >= 15 is 0 Å². The summed E-state index contributed by atoms with van der Waals surface area (Å²) in [5.74, 6) is 2.88. The molecule has 0 spiro atoms. The monoisotopic (exact) mass is 341 g/mol.